The number of hydrogen-bond acceptors (Lipinski definition) is 1. The van der Waals surface area contributed by atoms with Gasteiger partial charge >= 0.3 is 0 Å². The summed E-state index contributed by atoms with van der Waals surface area (Å²) in [6.07, 6.45) is 4.49. The number of unbranched alkanes of at least 4 members (excludes halogenated alkanes) is 1. The fourth-order valence-electron chi connectivity index (χ4n) is 0.314. The molecular weight excluding hydrogens is 106 g/mol. The van der Waals surface area contributed by atoms with Crippen LogP contribution >= 0.6 is 11.9 Å². The first-order valence-corrected chi connectivity index (χ1v) is 3.80. The lowest BCUT2D eigenvalue weighted by atomic mass is 10.3. The molecule has 0 aliphatic carbocycles. The van der Waals surface area contributed by atoms with Crippen LogP contribution in [0, 0.1) is 0 Å². The van der Waals surface area contributed by atoms with Gasteiger partial charge in [0.05, 0.1) is 0 Å². The van der Waals surface area contributed by atoms with Gasteiger partial charge in [0.25, 0.3) is 0 Å². The van der Waals surface area contributed by atoms with E-state index in [0.717, 1.165) is 6.54 Å². The van der Waals surface area contributed by atoms with Gasteiger partial charge in [-0.25, -0.2) is 0 Å². The Kier molecular flexibility index (Phi) is 6.59. The molecule has 0 saturated heterocycles. The van der Waals surface area contributed by atoms with Crippen molar-refractivity contribution >= 4 is 11.9 Å². The second-order valence-corrected chi connectivity index (χ2v) is 2.01. The summed E-state index contributed by atoms with van der Waals surface area (Å²) in [4.78, 5) is 0. The van der Waals surface area contributed by atoms with E-state index in [0.29, 0.717) is 0 Å². The van der Waals surface area contributed by atoms with Crippen LogP contribution in [0.15, 0.2) is 0 Å². The molecule has 0 atom stereocenters. The van der Waals surface area contributed by atoms with Gasteiger partial charge in [-0.2, -0.15) is 4.72 Å². The monoisotopic (exact) mass is 118 g/mol. The largest absolute Gasteiger partial charge is 0.176 e. The van der Waals surface area contributed by atoms with Crippen molar-refractivity contribution in [2.45, 2.75) is 19.8 Å². The minimum absolute atomic E-state index is 1.03. The van der Waals surface area contributed by atoms with Crippen LogP contribution in [0.2, 0.25) is 0 Å². The lowest BCUT2D eigenvalue weighted by Crippen LogP contribution is -1.94. The van der Waals surface area contributed by atoms with E-state index in [1.165, 1.54) is 12.8 Å². The summed E-state index contributed by atoms with van der Waals surface area (Å²) in [5.41, 5.74) is 0. The zero-order valence-corrected chi connectivity index (χ0v) is 5.79. The van der Waals surface area contributed by atoms with Crippen molar-refractivity contribution in [3.05, 3.63) is 0 Å². The quantitative estimate of drug-likeness (QED) is 0.404. The van der Waals surface area contributed by atoms with Gasteiger partial charge in [-0.1, -0.05) is 25.3 Å². The van der Waals surface area contributed by atoms with Crippen LogP contribution in [0.25, 0.3) is 0 Å². The van der Waals surface area contributed by atoms with Crippen molar-refractivity contribution in [1.29, 1.82) is 0 Å². The van der Waals surface area contributed by atoms with E-state index in [1.54, 1.807) is 11.9 Å². The van der Waals surface area contributed by atoms with Gasteiger partial charge in [0.15, 0.2) is 0 Å². The predicted molar refractivity (Wildman–Crippen MR) is 35.4 cm³/mol. The van der Waals surface area contributed by atoms with Gasteiger partial charge in [-0.15, -0.1) is 0 Å². The number of rotatable bonds is 4. The lowest BCUT2D eigenvalue weighted by molar-refractivity contribution is 0.771. The lowest BCUT2D eigenvalue weighted by Gasteiger charge is -1.91. The predicted octanol–water partition coefficient (Wildman–Crippen LogP) is 1.67. The van der Waals surface area contributed by atoms with E-state index in [-0.39, 0.29) is 0 Å². The molecule has 0 aromatic heterocycles. The van der Waals surface area contributed by atoms with Crippen LogP contribution in [-0.4, -0.2) is 12.8 Å². The summed E-state index contributed by atoms with van der Waals surface area (Å²) >= 11 is 1.57. The molecule has 0 amide bonds. The van der Waals surface area contributed by atoms with E-state index in [9.17, 15) is 0 Å². The molecule has 0 N–H and O–H groups in total. The van der Waals surface area contributed by atoms with Gasteiger partial charge in [-0.3, -0.25) is 0 Å². The Morgan fingerprint density at radius 3 is 2.71 bits per heavy atom. The minimum Gasteiger partial charge on any atom is -0.176 e. The summed E-state index contributed by atoms with van der Waals surface area (Å²) < 4.78 is 4.08. The van der Waals surface area contributed by atoms with Crippen molar-refractivity contribution in [3.8, 4) is 0 Å². The van der Waals surface area contributed by atoms with Crippen LogP contribution < -0.4 is 4.72 Å². The zero-order valence-electron chi connectivity index (χ0n) is 4.98. The second kappa shape index (κ2) is 6.31. The maximum atomic E-state index is 4.08. The molecule has 0 bridgehead atoms. The van der Waals surface area contributed by atoms with Gasteiger partial charge < -0.3 is 0 Å². The fraction of sp³-hybridized carbons (Fsp3) is 1.00. The van der Waals surface area contributed by atoms with Gasteiger partial charge in [0.1, 0.15) is 0 Å². The second-order valence-electron chi connectivity index (χ2n) is 1.39. The third-order valence-corrected chi connectivity index (χ3v) is 1.17. The van der Waals surface area contributed by atoms with Crippen LogP contribution in [0.1, 0.15) is 19.8 Å². The molecule has 1 nitrogen and oxygen atoms in total. The van der Waals surface area contributed by atoms with Crippen molar-refractivity contribution < 1.29 is 0 Å². The molecule has 0 rings (SSSR count). The molecule has 7 heavy (non-hydrogen) atoms. The van der Waals surface area contributed by atoms with Gasteiger partial charge in [-0.05, 0) is 12.7 Å². The van der Waals surface area contributed by atoms with Crippen molar-refractivity contribution in [3.63, 3.8) is 0 Å². The third kappa shape index (κ3) is 6.31. The smallest absolute Gasteiger partial charge is 0.0256 e. The first-order chi connectivity index (χ1) is 3.41. The maximum Gasteiger partial charge on any atom is 0.0256 e. The van der Waals surface area contributed by atoms with Gasteiger partial charge in [0.2, 0.25) is 0 Å². The van der Waals surface area contributed by atoms with Crippen LogP contribution in [0.5, 0.6) is 0 Å². The van der Waals surface area contributed by atoms with Crippen LogP contribution in [0.4, 0.5) is 0 Å². The molecule has 0 spiro atoms. The summed E-state index contributed by atoms with van der Waals surface area (Å²) in [6.45, 7) is 3.20. The molecule has 0 aromatic carbocycles. The molecule has 43 valence electrons. The fourth-order valence-corrected chi connectivity index (χ4v) is 0.626. The Balaban J connectivity index is 2.45. The molecule has 0 heterocycles. The van der Waals surface area contributed by atoms with Crippen LogP contribution in [-0.2, 0) is 0 Å². The Hall–Kier alpha value is 0.310. The van der Waals surface area contributed by atoms with Crippen LogP contribution in [0.3, 0.4) is 0 Å². The first-order valence-electron chi connectivity index (χ1n) is 2.61. The summed E-state index contributed by atoms with van der Waals surface area (Å²) in [7, 11) is 0. The zero-order chi connectivity index (χ0) is 5.54. The Morgan fingerprint density at radius 1 is 1.57 bits per heavy atom. The highest BCUT2D eigenvalue weighted by Crippen LogP contribution is 1.89. The average molecular weight is 118 g/mol. The summed E-state index contributed by atoms with van der Waals surface area (Å²) in [6, 6.07) is 0. The van der Waals surface area contributed by atoms with E-state index in [1.807, 2.05) is 6.26 Å². The Labute approximate surface area is 50.0 Å². The van der Waals surface area contributed by atoms with E-state index in [2.05, 4.69) is 11.6 Å². The molecule has 0 unspecified atom stereocenters. The normalized spacial score (nSPS) is 9.43. The molecule has 1 radical (unpaired) electrons. The third-order valence-electron chi connectivity index (χ3n) is 0.732. The molecule has 0 saturated carbocycles. The first kappa shape index (κ1) is 7.31. The molecule has 0 aliphatic rings. The molecule has 0 aliphatic heterocycles. The Bertz CT molecular complexity index is 27.3. The SMILES string of the molecule is CCCC[N]SC. The van der Waals surface area contributed by atoms with Crippen molar-refractivity contribution in [1.82, 2.24) is 4.72 Å². The highest BCUT2D eigenvalue weighted by molar-refractivity contribution is 7.96. The molecular formula is C5H12NS. The highest BCUT2D eigenvalue weighted by atomic mass is 32.2. The number of nitrogens with zero attached hydrogens (tertiary/aromatic N) is 1. The molecule has 0 fully saturated rings. The van der Waals surface area contributed by atoms with E-state index < -0.39 is 0 Å². The summed E-state index contributed by atoms with van der Waals surface area (Å²) in [5.74, 6) is 0. The molecule has 2 heteroatoms. The standard InChI is InChI=1S/C5H12NS/c1-3-4-5-6-7-2/h3-5H2,1-2H3. The average Bonchev–Trinajstić information content (AvgIpc) is 1.69. The maximum absolute atomic E-state index is 4.08. The summed E-state index contributed by atoms with van der Waals surface area (Å²) in [5, 5.41) is 0. The van der Waals surface area contributed by atoms with E-state index in [4.69, 9.17) is 0 Å². The number of hydrogen-bond donors (Lipinski definition) is 0. The minimum atomic E-state index is 1.03. The topological polar surface area (TPSA) is 14.1 Å². The van der Waals surface area contributed by atoms with E-state index >= 15 is 0 Å². The highest BCUT2D eigenvalue weighted by Gasteiger charge is 1.80. The van der Waals surface area contributed by atoms with Gasteiger partial charge in [0, 0.05) is 6.54 Å². The van der Waals surface area contributed by atoms with Crippen molar-refractivity contribution in [2.24, 2.45) is 0 Å². The Morgan fingerprint density at radius 2 is 2.29 bits per heavy atom. The molecule has 0 aromatic rings. The van der Waals surface area contributed by atoms with Crippen molar-refractivity contribution in [2.75, 3.05) is 12.8 Å².